The maximum atomic E-state index is 12.7. The topological polar surface area (TPSA) is 72.6 Å². The molecule has 4 nitrogen and oxygen atoms in total. The molecule has 112 valence electrons. The van der Waals surface area contributed by atoms with Crippen molar-refractivity contribution in [2.24, 2.45) is 5.73 Å². The number of para-hydroxylation sites is 1. The van der Waals surface area contributed by atoms with Gasteiger partial charge in [0.05, 0.1) is 0 Å². The van der Waals surface area contributed by atoms with Crippen LogP contribution < -0.4 is 10.5 Å². The summed E-state index contributed by atoms with van der Waals surface area (Å²) in [5.41, 5.74) is 6.81. The van der Waals surface area contributed by atoms with Crippen molar-refractivity contribution < 1.29 is 19.0 Å². The normalized spacial score (nSPS) is 11.0. The van der Waals surface area contributed by atoms with Crippen molar-refractivity contribution in [2.75, 3.05) is 6.61 Å². The largest absolute Gasteiger partial charge is 0.479 e. The van der Waals surface area contributed by atoms with Crippen molar-refractivity contribution in [2.45, 2.75) is 13.0 Å². The Morgan fingerprint density at radius 1 is 1.19 bits per heavy atom. The van der Waals surface area contributed by atoms with Crippen LogP contribution in [0.2, 0.25) is 0 Å². The summed E-state index contributed by atoms with van der Waals surface area (Å²) in [4.78, 5) is 10.0. The summed E-state index contributed by atoms with van der Waals surface area (Å²) in [6.07, 6.45) is 0. The van der Waals surface area contributed by atoms with Crippen LogP contribution in [-0.2, 0) is 4.79 Å². The number of hydrogen-bond acceptors (Lipinski definition) is 3. The summed E-state index contributed by atoms with van der Waals surface area (Å²) in [5.74, 6) is -1.73. The Bertz CT molecular complexity index is 558. The highest BCUT2D eigenvalue weighted by molar-refractivity contribution is 5.68. The molecule has 21 heavy (non-hydrogen) atoms. The summed E-state index contributed by atoms with van der Waals surface area (Å²) < 4.78 is 17.3. The molecule has 0 heterocycles. The van der Waals surface area contributed by atoms with Crippen LogP contribution in [0, 0.1) is 5.82 Å². The van der Waals surface area contributed by atoms with Crippen LogP contribution in [0.1, 0.15) is 18.5 Å². The van der Waals surface area contributed by atoms with E-state index in [-0.39, 0.29) is 11.8 Å². The van der Waals surface area contributed by atoms with Gasteiger partial charge in [0, 0.05) is 6.04 Å². The van der Waals surface area contributed by atoms with Gasteiger partial charge in [-0.25, -0.2) is 9.18 Å². The SMILES string of the molecule is CC(N)c1ccccc1.O=C(O)COc1ccccc1F. The van der Waals surface area contributed by atoms with Crippen molar-refractivity contribution in [3.63, 3.8) is 0 Å². The van der Waals surface area contributed by atoms with E-state index in [1.54, 1.807) is 6.07 Å². The predicted molar refractivity (Wildman–Crippen MR) is 78.6 cm³/mol. The van der Waals surface area contributed by atoms with Crippen molar-refractivity contribution >= 4 is 5.97 Å². The molecule has 5 heteroatoms. The highest BCUT2D eigenvalue weighted by atomic mass is 19.1. The second-order valence-electron chi connectivity index (χ2n) is 4.31. The molecule has 0 aliphatic heterocycles. The van der Waals surface area contributed by atoms with Gasteiger partial charge in [0.1, 0.15) is 0 Å². The first kappa shape index (κ1) is 16.7. The van der Waals surface area contributed by atoms with Gasteiger partial charge in [0.2, 0.25) is 0 Å². The first-order chi connectivity index (χ1) is 10.0. The third-order valence-electron chi connectivity index (χ3n) is 2.51. The number of hydrogen-bond donors (Lipinski definition) is 2. The molecule has 1 unspecified atom stereocenters. The quantitative estimate of drug-likeness (QED) is 0.908. The molecule has 1 atom stereocenters. The van der Waals surface area contributed by atoms with Crippen LogP contribution in [0.15, 0.2) is 54.6 Å². The minimum Gasteiger partial charge on any atom is -0.479 e. The minimum absolute atomic E-state index is 0.0418. The standard InChI is InChI=1S/C8H7FO3.C8H11N/c9-6-3-1-2-4-7(6)12-5-8(10)11;1-7(9)8-5-3-2-4-6-8/h1-4H,5H2,(H,10,11);2-7H,9H2,1H3. The van der Waals surface area contributed by atoms with Gasteiger partial charge >= 0.3 is 5.97 Å². The van der Waals surface area contributed by atoms with Gasteiger partial charge < -0.3 is 15.6 Å². The minimum atomic E-state index is -1.13. The second kappa shape index (κ2) is 8.71. The summed E-state index contributed by atoms with van der Waals surface area (Å²) in [6, 6.07) is 15.9. The molecule has 0 fully saturated rings. The van der Waals surface area contributed by atoms with E-state index < -0.39 is 18.4 Å². The Labute approximate surface area is 123 Å². The van der Waals surface area contributed by atoms with E-state index in [0.717, 1.165) is 0 Å². The summed E-state index contributed by atoms with van der Waals surface area (Å²) in [7, 11) is 0. The lowest BCUT2D eigenvalue weighted by atomic mass is 10.1. The smallest absolute Gasteiger partial charge is 0.341 e. The Balaban J connectivity index is 0.000000219. The monoisotopic (exact) mass is 291 g/mol. The fraction of sp³-hybridized carbons (Fsp3) is 0.188. The Morgan fingerprint density at radius 3 is 2.24 bits per heavy atom. The van der Waals surface area contributed by atoms with Crippen LogP contribution in [0.4, 0.5) is 4.39 Å². The average Bonchev–Trinajstić information content (AvgIpc) is 2.48. The van der Waals surface area contributed by atoms with E-state index in [1.165, 1.54) is 23.8 Å². The summed E-state index contributed by atoms with van der Waals surface area (Å²) >= 11 is 0. The highest BCUT2D eigenvalue weighted by Gasteiger charge is 2.03. The third-order valence-corrected chi connectivity index (χ3v) is 2.51. The highest BCUT2D eigenvalue weighted by Crippen LogP contribution is 2.14. The molecule has 2 aromatic rings. The molecule has 0 bridgehead atoms. The van der Waals surface area contributed by atoms with Crippen LogP contribution in [0.3, 0.4) is 0 Å². The van der Waals surface area contributed by atoms with Gasteiger partial charge in [-0.3, -0.25) is 0 Å². The van der Waals surface area contributed by atoms with Gasteiger partial charge in [-0.05, 0) is 24.6 Å². The Kier molecular flexibility index (Phi) is 6.91. The zero-order chi connectivity index (χ0) is 15.7. The van der Waals surface area contributed by atoms with Gasteiger partial charge in [0.15, 0.2) is 18.2 Å². The molecule has 0 spiro atoms. The van der Waals surface area contributed by atoms with E-state index in [0.29, 0.717) is 0 Å². The maximum absolute atomic E-state index is 12.7. The number of carbonyl (C=O) groups is 1. The van der Waals surface area contributed by atoms with Crippen molar-refractivity contribution in [3.05, 3.63) is 66.0 Å². The number of ether oxygens (including phenoxy) is 1. The number of aliphatic carboxylic acids is 1. The lowest BCUT2D eigenvalue weighted by Crippen LogP contribution is -2.10. The first-order valence-electron chi connectivity index (χ1n) is 6.40. The lowest BCUT2D eigenvalue weighted by Gasteiger charge is -2.02. The maximum Gasteiger partial charge on any atom is 0.341 e. The summed E-state index contributed by atoms with van der Waals surface area (Å²) in [6.45, 7) is 1.45. The molecule has 0 aliphatic rings. The predicted octanol–water partition coefficient (Wildman–Crippen LogP) is 3.00. The molecule has 0 aromatic heterocycles. The van der Waals surface area contributed by atoms with Gasteiger partial charge in [0.25, 0.3) is 0 Å². The molecule has 3 N–H and O–H groups in total. The van der Waals surface area contributed by atoms with Gasteiger partial charge in [-0.15, -0.1) is 0 Å². The van der Waals surface area contributed by atoms with E-state index in [4.69, 9.17) is 10.8 Å². The number of benzene rings is 2. The van der Waals surface area contributed by atoms with E-state index >= 15 is 0 Å². The molecule has 0 saturated heterocycles. The Hall–Kier alpha value is -2.40. The number of nitrogens with two attached hydrogens (primary N) is 1. The summed E-state index contributed by atoms with van der Waals surface area (Å²) in [5, 5.41) is 8.22. The lowest BCUT2D eigenvalue weighted by molar-refractivity contribution is -0.139. The molecular weight excluding hydrogens is 273 g/mol. The van der Waals surface area contributed by atoms with Crippen LogP contribution in [0.25, 0.3) is 0 Å². The number of carboxylic acid groups (broad SMARTS) is 1. The molecule has 2 aromatic carbocycles. The second-order valence-corrected chi connectivity index (χ2v) is 4.31. The van der Waals surface area contributed by atoms with E-state index in [1.807, 2.05) is 37.3 Å². The van der Waals surface area contributed by atoms with Crippen molar-refractivity contribution in [3.8, 4) is 5.75 Å². The molecule has 0 aliphatic carbocycles. The molecule has 0 saturated carbocycles. The van der Waals surface area contributed by atoms with E-state index in [2.05, 4.69) is 4.74 Å². The zero-order valence-electron chi connectivity index (χ0n) is 11.7. The number of rotatable bonds is 4. The van der Waals surface area contributed by atoms with Crippen molar-refractivity contribution in [1.82, 2.24) is 0 Å². The van der Waals surface area contributed by atoms with Crippen LogP contribution in [0.5, 0.6) is 5.75 Å². The fourth-order valence-corrected chi connectivity index (χ4v) is 1.46. The van der Waals surface area contributed by atoms with Gasteiger partial charge in [-0.2, -0.15) is 0 Å². The fourth-order valence-electron chi connectivity index (χ4n) is 1.46. The van der Waals surface area contributed by atoms with E-state index in [9.17, 15) is 9.18 Å². The molecule has 0 radical (unpaired) electrons. The number of carboxylic acids is 1. The number of halogens is 1. The Morgan fingerprint density at radius 2 is 1.76 bits per heavy atom. The van der Waals surface area contributed by atoms with Gasteiger partial charge in [-0.1, -0.05) is 42.5 Å². The van der Waals surface area contributed by atoms with Crippen LogP contribution >= 0.6 is 0 Å². The average molecular weight is 291 g/mol. The first-order valence-corrected chi connectivity index (χ1v) is 6.40. The van der Waals surface area contributed by atoms with Crippen LogP contribution in [-0.4, -0.2) is 17.7 Å². The molecular formula is C16H18FNO3. The third kappa shape index (κ3) is 6.54. The molecule has 0 amide bonds. The zero-order valence-corrected chi connectivity index (χ0v) is 11.7. The van der Waals surface area contributed by atoms with Crippen molar-refractivity contribution in [1.29, 1.82) is 0 Å². The molecule has 2 rings (SSSR count).